The summed E-state index contributed by atoms with van der Waals surface area (Å²) in [5.74, 6) is 0. The van der Waals surface area contributed by atoms with Crippen molar-refractivity contribution in [3.05, 3.63) is 0 Å². The van der Waals surface area contributed by atoms with E-state index in [0.29, 0.717) is 6.61 Å². The monoisotopic (exact) mass is 234 g/mol. The molecule has 3 N–H and O–H groups in total. The molecule has 0 radical (unpaired) electrons. The van der Waals surface area contributed by atoms with Crippen molar-refractivity contribution in [1.82, 2.24) is 0 Å². The van der Waals surface area contributed by atoms with E-state index < -0.39 is 6.10 Å². The van der Waals surface area contributed by atoms with Gasteiger partial charge in [0, 0.05) is 6.61 Å². The van der Waals surface area contributed by atoms with Gasteiger partial charge in [-0.3, -0.25) is 0 Å². The Morgan fingerprint density at radius 2 is 1.19 bits per heavy atom. The van der Waals surface area contributed by atoms with E-state index in [0.717, 1.165) is 6.42 Å². The van der Waals surface area contributed by atoms with Crippen molar-refractivity contribution < 1.29 is 15.3 Å². The van der Waals surface area contributed by atoms with Gasteiger partial charge < -0.3 is 15.3 Å². The summed E-state index contributed by atoms with van der Waals surface area (Å²) in [5.41, 5.74) is 0. The lowest BCUT2D eigenvalue weighted by molar-refractivity contribution is 0.110. The van der Waals surface area contributed by atoms with Gasteiger partial charge in [0.25, 0.3) is 0 Å². The van der Waals surface area contributed by atoms with Crippen molar-refractivity contribution in [2.24, 2.45) is 0 Å². The van der Waals surface area contributed by atoms with Crippen LogP contribution in [0.1, 0.15) is 65.2 Å². The molecule has 0 saturated heterocycles. The fraction of sp³-hybridized carbons (Fsp3) is 1.00. The van der Waals surface area contributed by atoms with E-state index in [-0.39, 0.29) is 6.61 Å². The highest BCUT2D eigenvalue weighted by Gasteiger charge is 1.89. The average Bonchev–Trinajstić information content (AvgIpc) is 2.29. The zero-order valence-electron chi connectivity index (χ0n) is 11.0. The normalized spacial score (nSPS) is 11.8. The molecule has 0 aliphatic carbocycles. The third-order valence-corrected chi connectivity index (χ3v) is 2.28. The second-order valence-electron chi connectivity index (χ2n) is 4.23. The summed E-state index contributed by atoms with van der Waals surface area (Å²) < 4.78 is 0. The predicted molar refractivity (Wildman–Crippen MR) is 68.5 cm³/mol. The molecule has 0 saturated carbocycles. The molecule has 0 aliphatic rings. The van der Waals surface area contributed by atoms with Crippen LogP contribution >= 0.6 is 0 Å². The highest BCUT2D eigenvalue weighted by atomic mass is 16.3. The molecular weight excluding hydrogens is 204 g/mol. The molecule has 0 aromatic carbocycles. The summed E-state index contributed by atoms with van der Waals surface area (Å²) in [7, 11) is 0. The first-order chi connectivity index (χ1) is 7.68. The highest BCUT2D eigenvalue weighted by Crippen LogP contribution is 2.07. The lowest BCUT2D eigenvalue weighted by Crippen LogP contribution is -2.03. The van der Waals surface area contributed by atoms with E-state index in [2.05, 4.69) is 6.92 Å². The molecule has 0 spiro atoms. The standard InChI is InChI=1S/C10H22O.C3H8O2/c1-2-3-4-5-6-7-8-9-10-11;1-3(5)2-4/h11H,2-10H2,1H3;3-5H,2H2,1H3. The minimum atomic E-state index is -0.560. The summed E-state index contributed by atoms with van der Waals surface area (Å²) in [6.45, 7) is 4.00. The van der Waals surface area contributed by atoms with E-state index in [1.807, 2.05) is 0 Å². The van der Waals surface area contributed by atoms with Crippen molar-refractivity contribution in [2.45, 2.75) is 71.3 Å². The van der Waals surface area contributed by atoms with E-state index >= 15 is 0 Å². The lowest BCUT2D eigenvalue weighted by Gasteiger charge is -1.98. The van der Waals surface area contributed by atoms with Crippen molar-refractivity contribution in [1.29, 1.82) is 0 Å². The van der Waals surface area contributed by atoms with Crippen LogP contribution in [0.3, 0.4) is 0 Å². The molecule has 1 unspecified atom stereocenters. The molecule has 0 amide bonds. The van der Waals surface area contributed by atoms with Crippen LogP contribution in [0.2, 0.25) is 0 Å². The molecule has 100 valence electrons. The molecule has 0 heterocycles. The summed E-state index contributed by atoms with van der Waals surface area (Å²) in [4.78, 5) is 0. The van der Waals surface area contributed by atoms with Gasteiger partial charge in [0.05, 0.1) is 12.7 Å². The van der Waals surface area contributed by atoms with Crippen LogP contribution in [0.15, 0.2) is 0 Å². The van der Waals surface area contributed by atoms with Crippen LogP contribution in [0, 0.1) is 0 Å². The molecule has 16 heavy (non-hydrogen) atoms. The first-order valence-electron chi connectivity index (χ1n) is 6.58. The zero-order chi connectivity index (χ0) is 12.6. The van der Waals surface area contributed by atoms with E-state index in [9.17, 15) is 0 Å². The molecule has 0 rings (SSSR count). The van der Waals surface area contributed by atoms with Crippen molar-refractivity contribution in [3.8, 4) is 0 Å². The first-order valence-corrected chi connectivity index (χ1v) is 6.58. The van der Waals surface area contributed by atoms with E-state index in [1.54, 1.807) is 0 Å². The van der Waals surface area contributed by atoms with Gasteiger partial charge in [-0.15, -0.1) is 0 Å². The smallest absolute Gasteiger partial charge is 0.0742 e. The highest BCUT2D eigenvalue weighted by molar-refractivity contribution is 4.44. The Hall–Kier alpha value is -0.120. The number of hydrogen-bond donors (Lipinski definition) is 3. The number of aliphatic hydroxyl groups excluding tert-OH is 3. The second-order valence-corrected chi connectivity index (χ2v) is 4.23. The van der Waals surface area contributed by atoms with Gasteiger partial charge in [0.15, 0.2) is 0 Å². The van der Waals surface area contributed by atoms with Crippen LogP contribution in [0.5, 0.6) is 0 Å². The number of aliphatic hydroxyl groups is 3. The molecule has 3 heteroatoms. The third kappa shape index (κ3) is 23.6. The van der Waals surface area contributed by atoms with Gasteiger partial charge in [-0.25, -0.2) is 0 Å². The Morgan fingerprint density at radius 3 is 1.50 bits per heavy atom. The van der Waals surface area contributed by atoms with Crippen LogP contribution in [-0.2, 0) is 0 Å². The summed E-state index contributed by atoms with van der Waals surface area (Å²) in [6.07, 6.45) is 9.82. The predicted octanol–water partition coefficient (Wildman–Crippen LogP) is 2.48. The molecule has 0 fully saturated rings. The Kier molecular flexibility index (Phi) is 19.7. The number of unbranched alkanes of at least 4 members (excludes halogenated alkanes) is 7. The second kappa shape index (κ2) is 17.3. The van der Waals surface area contributed by atoms with Gasteiger partial charge in [0.2, 0.25) is 0 Å². The fourth-order valence-electron chi connectivity index (χ4n) is 1.25. The van der Waals surface area contributed by atoms with Crippen LogP contribution in [-0.4, -0.2) is 34.6 Å². The minimum absolute atomic E-state index is 0.139. The summed E-state index contributed by atoms with van der Waals surface area (Å²) >= 11 is 0. The maximum absolute atomic E-state index is 8.51. The molecule has 3 nitrogen and oxygen atoms in total. The van der Waals surface area contributed by atoms with Crippen LogP contribution in [0.25, 0.3) is 0 Å². The van der Waals surface area contributed by atoms with Crippen molar-refractivity contribution in [2.75, 3.05) is 13.2 Å². The van der Waals surface area contributed by atoms with Crippen LogP contribution < -0.4 is 0 Å². The Bertz CT molecular complexity index is 97.4. The maximum atomic E-state index is 8.51. The van der Waals surface area contributed by atoms with Gasteiger partial charge >= 0.3 is 0 Å². The third-order valence-electron chi connectivity index (χ3n) is 2.28. The Balaban J connectivity index is 0. The van der Waals surface area contributed by atoms with Crippen molar-refractivity contribution in [3.63, 3.8) is 0 Å². The quantitative estimate of drug-likeness (QED) is 0.537. The molecule has 0 bridgehead atoms. The van der Waals surface area contributed by atoms with Gasteiger partial charge in [-0.05, 0) is 13.3 Å². The minimum Gasteiger partial charge on any atom is -0.396 e. The maximum Gasteiger partial charge on any atom is 0.0742 e. The van der Waals surface area contributed by atoms with E-state index in [4.69, 9.17) is 15.3 Å². The Morgan fingerprint density at radius 1 is 0.812 bits per heavy atom. The summed E-state index contributed by atoms with van der Waals surface area (Å²) in [5, 5.41) is 24.5. The molecule has 0 aromatic heterocycles. The number of hydrogen-bond acceptors (Lipinski definition) is 3. The van der Waals surface area contributed by atoms with E-state index in [1.165, 1.54) is 51.9 Å². The van der Waals surface area contributed by atoms with Crippen molar-refractivity contribution >= 4 is 0 Å². The van der Waals surface area contributed by atoms with Gasteiger partial charge in [-0.2, -0.15) is 0 Å². The molecule has 0 aliphatic heterocycles. The van der Waals surface area contributed by atoms with Crippen LogP contribution in [0.4, 0.5) is 0 Å². The Labute approximate surface area is 101 Å². The number of rotatable bonds is 9. The SMILES string of the molecule is CC(O)CO.CCCCCCCCCCO. The molecule has 1 atom stereocenters. The summed E-state index contributed by atoms with van der Waals surface area (Å²) in [6, 6.07) is 0. The molecular formula is C13H30O3. The van der Waals surface area contributed by atoms with Gasteiger partial charge in [0.1, 0.15) is 0 Å². The molecule has 0 aromatic rings. The first kappa shape index (κ1) is 18.3. The largest absolute Gasteiger partial charge is 0.396 e. The topological polar surface area (TPSA) is 60.7 Å². The fourth-order valence-corrected chi connectivity index (χ4v) is 1.25. The average molecular weight is 234 g/mol. The lowest BCUT2D eigenvalue weighted by atomic mass is 10.1. The zero-order valence-corrected chi connectivity index (χ0v) is 11.0. The van der Waals surface area contributed by atoms with Gasteiger partial charge in [-0.1, -0.05) is 51.9 Å².